The van der Waals surface area contributed by atoms with Crippen molar-refractivity contribution in [2.45, 2.75) is 6.42 Å². The first kappa shape index (κ1) is 19.5. The maximum Gasteiger partial charge on any atom is 0.186 e. The summed E-state index contributed by atoms with van der Waals surface area (Å²) in [5, 5.41) is 0. The van der Waals surface area contributed by atoms with E-state index in [0.29, 0.717) is 16.7 Å². The third kappa shape index (κ3) is 5.34. The molecule has 0 aliphatic carbocycles. The monoisotopic (exact) mass is 482 g/mol. The highest BCUT2D eigenvalue weighted by atomic mass is 79.9. The first-order valence-corrected chi connectivity index (χ1v) is 9.96. The van der Waals surface area contributed by atoms with Crippen molar-refractivity contribution in [2.75, 3.05) is 0 Å². The maximum absolute atomic E-state index is 12.7. The molecule has 0 N–H and O–H groups in total. The summed E-state index contributed by atoms with van der Waals surface area (Å²) in [7, 11) is 0. The Balaban J connectivity index is 1.91. The zero-order valence-electron chi connectivity index (χ0n) is 14.4. The van der Waals surface area contributed by atoms with Gasteiger partial charge in [-0.1, -0.05) is 74.3 Å². The predicted octanol–water partition coefficient (Wildman–Crippen LogP) is 6.75. The van der Waals surface area contributed by atoms with Gasteiger partial charge in [0.1, 0.15) is 0 Å². The highest BCUT2D eigenvalue weighted by Gasteiger charge is 2.13. The maximum atomic E-state index is 12.7. The van der Waals surface area contributed by atoms with Crippen LogP contribution in [0.4, 0.5) is 0 Å². The van der Waals surface area contributed by atoms with E-state index in [1.165, 1.54) is 0 Å². The molecule has 27 heavy (non-hydrogen) atoms. The van der Waals surface area contributed by atoms with Crippen molar-refractivity contribution in [2.24, 2.45) is 0 Å². The lowest BCUT2D eigenvalue weighted by atomic mass is 9.95. The summed E-state index contributed by atoms with van der Waals surface area (Å²) >= 11 is 6.75. The number of carbonyl (C=O) groups excluding carboxylic acids is 2. The Kier molecular flexibility index (Phi) is 6.54. The van der Waals surface area contributed by atoms with Gasteiger partial charge < -0.3 is 0 Å². The molecule has 0 radical (unpaired) electrons. The van der Waals surface area contributed by atoms with Crippen LogP contribution in [0, 0.1) is 0 Å². The highest BCUT2D eigenvalue weighted by molar-refractivity contribution is 9.10. The Morgan fingerprint density at radius 1 is 0.667 bits per heavy atom. The number of halogens is 2. The van der Waals surface area contributed by atoms with Crippen molar-refractivity contribution >= 4 is 49.0 Å². The number of carbonyl (C=O) groups is 2. The summed E-state index contributed by atoms with van der Waals surface area (Å²) in [6, 6.07) is 24.0. The molecule has 2 nitrogen and oxygen atoms in total. The molecule has 0 unspecified atom stereocenters. The second-order valence-corrected chi connectivity index (χ2v) is 7.84. The standard InChI is InChI=1S/C23H16Br2O2/c24-20-10-6-17(7-11-20)22(26)14-19(16-4-2-1-3-5-16)15-23(27)18-8-12-21(25)13-9-18/h1-14H,15H2. The number of Topliss-reactive ketones (excluding diaryl/α,β-unsaturated/α-hetero) is 1. The lowest BCUT2D eigenvalue weighted by molar-refractivity contribution is 0.0998. The van der Waals surface area contributed by atoms with Crippen LogP contribution in [0.1, 0.15) is 32.7 Å². The van der Waals surface area contributed by atoms with E-state index in [2.05, 4.69) is 31.9 Å². The van der Waals surface area contributed by atoms with Crippen molar-refractivity contribution in [3.05, 3.63) is 111 Å². The molecular weight excluding hydrogens is 468 g/mol. The van der Waals surface area contributed by atoms with Crippen molar-refractivity contribution in [3.63, 3.8) is 0 Å². The Bertz CT molecular complexity index is 973. The molecule has 0 fully saturated rings. The number of hydrogen-bond acceptors (Lipinski definition) is 2. The largest absolute Gasteiger partial charge is 0.294 e. The van der Waals surface area contributed by atoms with Crippen LogP contribution in [-0.2, 0) is 0 Å². The number of benzene rings is 3. The summed E-state index contributed by atoms with van der Waals surface area (Å²) in [6.07, 6.45) is 1.73. The van der Waals surface area contributed by atoms with Crippen LogP contribution in [0.3, 0.4) is 0 Å². The molecule has 4 heteroatoms. The lowest BCUT2D eigenvalue weighted by Gasteiger charge is -2.08. The van der Waals surface area contributed by atoms with Gasteiger partial charge in [-0.25, -0.2) is 0 Å². The molecule has 0 aliphatic heterocycles. The molecule has 3 rings (SSSR count). The zero-order chi connectivity index (χ0) is 19.2. The molecule has 0 aromatic heterocycles. The van der Waals surface area contributed by atoms with Crippen LogP contribution in [0.25, 0.3) is 5.57 Å². The van der Waals surface area contributed by atoms with Crippen molar-refractivity contribution in [3.8, 4) is 0 Å². The predicted molar refractivity (Wildman–Crippen MR) is 116 cm³/mol. The summed E-state index contributed by atoms with van der Waals surface area (Å²) in [5.74, 6) is -0.147. The zero-order valence-corrected chi connectivity index (χ0v) is 17.5. The molecule has 0 saturated carbocycles. The second kappa shape index (κ2) is 9.07. The second-order valence-electron chi connectivity index (χ2n) is 6.01. The Morgan fingerprint density at radius 2 is 1.19 bits per heavy atom. The Labute approximate surface area is 175 Å². The average molecular weight is 484 g/mol. The van der Waals surface area contributed by atoms with Crippen molar-refractivity contribution in [1.29, 1.82) is 0 Å². The molecule has 0 aliphatic rings. The van der Waals surface area contributed by atoms with Gasteiger partial charge in [0.15, 0.2) is 11.6 Å². The molecule has 3 aromatic carbocycles. The van der Waals surface area contributed by atoms with E-state index in [-0.39, 0.29) is 18.0 Å². The fourth-order valence-electron chi connectivity index (χ4n) is 2.66. The number of rotatable bonds is 6. The molecule has 0 bridgehead atoms. The van der Waals surface area contributed by atoms with E-state index in [1.807, 2.05) is 54.6 Å². The topological polar surface area (TPSA) is 34.1 Å². The minimum atomic E-state index is -0.120. The summed E-state index contributed by atoms with van der Waals surface area (Å²) in [5.41, 5.74) is 2.78. The van der Waals surface area contributed by atoms with Gasteiger partial charge in [0, 0.05) is 26.5 Å². The highest BCUT2D eigenvalue weighted by Crippen LogP contribution is 2.23. The fraction of sp³-hybridized carbons (Fsp3) is 0.0435. The lowest BCUT2D eigenvalue weighted by Crippen LogP contribution is -2.03. The van der Waals surface area contributed by atoms with Gasteiger partial charge in [0.25, 0.3) is 0 Å². The first-order chi connectivity index (χ1) is 13.0. The van der Waals surface area contributed by atoms with E-state index in [1.54, 1.807) is 30.3 Å². The van der Waals surface area contributed by atoms with E-state index in [4.69, 9.17) is 0 Å². The van der Waals surface area contributed by atoms with Crippen molar-refractivity contribution < 1.29 is 9.59 Å². The van der Waals surface area contributed by atoms with Gasteiger partial charge in [-0.15, -0.1) is 0 Å². The van der Waals surface area contributed by atoms with Crippen LogP contribution >= 0.6 is 31.9 Å². The summed E-state index contributed by atoms with van der Waals surface area (Å²) in [4.78, 5) is 25.4. The SMILES string of the molecule is O=C(C=C(CC(=O)c1ccc(Br)cc1)c1ccccc1)c1ccc(Br)cc1. The minimum absolute atomic E-state index is 0.0267. The molecule has 0 saturated heterocycles. The number of ketones is 2. The summed E-state index contributed by atoms with van der Waals surface area (Å²) in [6.45, 7) is 0. The van der Waals surface area contributed by atoms with Crippen molar-refractivity contribution in [1.82, 2.24) is 0 Å². The van der Waals surface area contributed by atoms with Crippen LogP contribution in [0.15, 0.2) is 93.9 Å². The molecule has 134 valence electrons. The smallest absolute Gasteiger partial charge is 0.186 e. The summed E-state index contributed by atoms with van der Waals surface area (Å²) < 4.78 is 1.83. The Morgan fingerprint density at radius 3 is 1.74 bits per heavy atom. The molecule has 0 amide bonds. The fourth-order valence-corrected chi connectivity index (χ4v) is 3.18. The van der Waals surface area contributed by atoms with Gasteiger partial charge >= 0.3 is 0 Å². The first-order valence-electron chi connectivity index (χ1n) is 8.37. The Hall–Kier alpha value is -2.30. The molecule has 0 heterocycles. The molecule has 0 spiro atoms. The minimum Gasteiger partial charge on any atom is -0.294 e. The normalized spacial score (nSPS) is 11.3. The van der Waals surface area contributed by atoms with Gasteiger partial charge in [-0.3, -0.25) is 9.59 Å². The third-order valence-corrected chi connectivity index (χ3v) is 5.15. The van der Waals surface area contributed by atoms with E-state index in [0.717, 1.165) is 14.5 Å². The van der Waals surface area contributed by atoms with E-state index < -0.39 is 0 Å². The average Bonchev–Trinajstić information content (AvgIpc) is 2.69. The molecular formula is C23H16Br2O2. The van der Waals surface area contributed by atoms with Crippen LogP contribution in [0.2, 0.25) is 0 Å². The number of allylic oxidation sites excluding steroid dienone is 2. The van der Waals surface area contributed by atoms with E-state index in [9.17, 15) is 9.59 Å². The van der Waals surface area contributed by atoms with E-state index >= 15 is 0 Å². The van der Waals surface area contributed by atoms with Gasteiger partial charge in [0.05, 0.1) is 0 Å². The van der Waals surface area contributed by atoms with Gasteiger partial charge in [-0.2, -0.15) is 0 Å². The van der Waals surface area contributed by atoms with Gasteiger partial charge in [0.2, 0.25) is 0 Å². The quantitative estimate of drug-likeness (QED) is 0.287. The third-order valence-electron chi connectivity index (χ3n) is 4.10. The number of hydrogen-bond donors (Lipinski definition) is 0. The molecule has 0 atom stereocenters. The van der Waals surface area contributed by atoms with Crippen LogP contribution in [0.5, 0.6) is 0 Å². The van der Waals surface area contributed by atoms with Crippen LogP contribution < -0.4 is 0 Å². The van der Waals surface area contributed by atoms with Gasteiger partial charge in [-0.05, 0) is 53.6 Å². The van der Waals surface area contributed by atoms with Crippen LogP contribution in [-0.4, -0.2) is 11.6 Å². The molecule has 3 aromatic rings.